The molecular weight excluding hydrogens is 500 g/mol. The first-order valence-electron chi connectivity index (χ1n) is 12.8. The van der Waals surface area contributed by atoms with Crippen LogP contribution < -0.4 is 5.32 Å². The molecule has 0 aromatic heterocycles. The number of rotatable bonds is 14. The molecule has 0 aliphatic carbocycles. The standard InChI is InChI=1S/C30H38N2O5S/c1-30(2,18-8-11-23-9-5-4-6-10-23)31-21-27(33)22-32(3)38(36,37)28-13-7-12-26(20-28)25-16-14-24(15-17-25)19-29(34)35/h4-7,9-10,12-17,20,27,31,33H,8,11,18-19,21-22H2,1-3H3,(H,34,35)/t27-/m1/s1. The van der Waals surface area contributed by atoms with Crippen molar-refractivity contribution < 1.29 is 23.4 Å². The highest BCUT2D eigenvalue weighted by Gasteiger charge is 2.25. The number of aliphatic carboxylic acids is 1. The van der Waals surface area contributed by atoms with E-state index in [2.05, 4.69) is 31.3 Å². The van der Waals surface area contributed by atoms with Crippen LogP contribution in [0.1, 0.15) is 37.8 Å². The number of hydrogen-bond donors (Lipinski definition) is 3. The Balaban J connectivity index is 1.55. The van der Waals surface area contributed by atoms with Crippen LogP contribution >= 0.6 is 0 Å². The van der Waals surface area contributed by atoms with E-state index < -0.39 is 22.1 Å². The van der Waals surface area contributed by atoms with Gasteiger partial charge in [0.25, 0.3) is 0 Å². The molecule has 0 bridgehead atoms. The molecule has 3 aromatic carbocycles. The Morgan fingerprint density at radius 2 is 1.63 bits per heavy atom. The largest absolute Gasteiger partial charge is 0.481 e. The van der Waals surface area contributed by atoms with E-state index in [0.717, 1.165) is 24.8 Å². The lowest BCUT2D eigenvalue weighted by atomic mass is 9.95. The molecule has 0 radical (unpaired) electrons. The van der Waals surface area contributed by atoms with Gasteiger partial charge < -0.3 is 15.5 Å². The topological polar surface area (TPSA) is 107 Å². The van der Waals surface area contributed by atoms with Gasteiger partial charge in [0.2, 0.25) is 10.0 Å². The molecule has 0 amide bonds. The number of carboxylic acid groups (broad SMARTS) is 1. The molecule has 0 saturated carbocycles. The summed E-state index contributed by atoms with van der Waals surface area (Å²) < 4.78 is 27.6. The number of likely N-dealkylation sites (N-methyl/N-ethyl adjacent to an activating group) is 1. The maximum absolute atomic E-state index is 13.2. The van der Waals surface area contributed by atoms with E-state index in [-0.39, 0.29) is 29.9 Å². The Labute approximate surface area is 226 Å². The van der Waals surface area contributed by atoms with Crippen LogP contribution in [0.25, 0.3) is 11.1 Å². The zero-order valence-corrected chi connectivity index (χ0v) is 23.1. The lowest BCUT2D eigenvalue weighted by Gasteiger charge is -2.29. The molecule has 3 N–H and O–H groups in total. The summed E-state index contributed by atoms with van der Waals surface area (Å²) in [7, 11) is -2.35. The van der Waals surface area contributed by atoms with Crippen molar-refractivity contribution in [1.29, 1.82) is 0 Å². The first kappa shape index (κ1) is 29.5. The average Bonchev–Trinajstić information content (AvgIpc) is 2.88. The van der Waals surface area contributed by atoms with Gasteiger partial charge in [0.15, 0.2) is 0 Å². The number of carbonyl (C=O) groups is 1. The molecular formula is C30H38N2O5S. The zero-order chi connectivity index (χ0) is 27.8. The van der Waals surface area contributed by atoms with Crippen molar-refractivity contribution in [3.05, 3.63) is 90.0 Å². The molecule has 0 saturated heterocycles. The molecule has 0 spiro atoms. The van der Waals surface area contributed by atoms with Crippen molar-refractivity contribution in [2.24, 2.45) is 0 Å². The van der Waals surface area contributed by atoms with Crippen LogP contribution in [0.3, 0.4) is 0 Å². The van der Waals surface area contributed by atoms with Gasteiger partial charge in [-0.05, 0) is 67.5 Å². The second-order valence-corrected chi connectivity index (χ2v) is 12.4. The first-order valence-corrected chi connectivity index (χ1v) is 14.2. The summed E-state index contributed by atoms with van der Waals surface area (Å²) in [6.45, 7) is 4.42. The smallest absolute Gasteiger partial charge is 0.307 e. The molecule has 0 aliphatic heterocycles. The molecule has 204 valence electrons. The van der Waals surface area contributed by atoms with Gasteiger partial charge in [-0.3, -0.25) is 4.79 Å². The van der Waals surface area contributed by atoms with Gasteiger partial charge in [0.1, 0.15) is 0 Å². The molecule has 7 nitrogen and oxygen atoms in total. The van der Waals surface area contributed by atoms with Crippen molar-refractivity contribution in [2.75, 3.05) is 20.1 Å². The highest BCUT2D eigenvalue weighted by atomic mass is 32.2. The van der Waals surface area contributed by atoms with Crippen molar-refractivity contribution in [2.45, 2.75) is 56.1 Å². The number of β-amino-alcohol motifs (C(OH)–C–C–N with tert-alkyl or cyclic N) is 1. The minimum Gasteiger partial charge on any atom is -0.481 e. The Kier molecular flexibility index (Phi) is 10.2. The van der Waals surface area contributed by atoms with Crippen LogP contribution in [0.4, 0.5) is 0 Å². The molecule has 0 fully saturated rings. The molecule has 1 atom stereocenters. The predicted molar refractivity (Wildman–Crippen MR) is 151 cm³/mol. The maximum atomic E-state index is 13.2. The number of nitrogens with one attached hydrogen (secondary N) is 1. The second kappa shape index (κ2) is 13.2. The van der Waals surface area contributed by atoms with E-state index in [1.807, 2.05) is 24.3 Å². The van der Waals surface area contributed by atoms with E-state index in [0.29, 0.717) is 11.1 Å². The highest BCUT2D eigenvalue weighted by molar-refractivity contribution is 7.89. The summed E-state index contributed by atoms with van der Waals surface area (Å²) in [5.74, 6) is -0.905. The summed E-state index contributed by atoms with van der Waals surface area (Å²) >= 11 is 0. The zero-order valence-electron chi connectivity index (χ0n) is 22.3. The molecule has 8 heteroatoms. The maximum Gasteiger partial charge on any atom is 0.307 e. The van der Waals surface area contributed by atoms with Crippen LogP contribution in [-0.2, 0) is 27.7 Å². The van der Waals surface area contributed by atoms with Crippen molar-refractivity contribution in [3.8, 4) is 11.1 Å². The van der Waals surface area contributed by atoms with E-state index in [1.165, 1.54) is 23.0 Å². The molecule has 38 heavy (non-hydrogen) atoms. The fraction of sp³-hybridized carbons (Fsp3) is 0.367. The van der Waals surface area contributed by atoms with Gasteiger partial charge in [-0.25, -0.2) is 8.42 Å². The van der Waals surface area contributed by atoms with Gasteiger partial charge in [0.05, 0.1) is 17.4 Å². The summed E-state index contributed by atoms with van der Waals surface area (Å²) in [5, 5.41) is 22.9. The number of carboxylic acids is 1. The Morgan fingerprint density at radius 1 is 0.947 bits per heavy atom. The summed E-state index contributed by atoms with van der Waals surface area (Å²) in [4.78, 5) is 11.0. The third-order valence-electron chi connectivity index (χ3n) is 6.58. The van der Waals surface area contributed by atoms with E-state index >= 15 is 0 Å². The van der Waals surface area contributed by atoms with Crippen LogP contribution in [0.5, 0.6) is 0 Å². The monoisotopic (exact) mass is 538 g/mol. The van der Waals surface area contributed by atoms with Gasteiger partial charge in [-0.1, -0.05) is 66.7 Å². The lowest BCUT2D eigenvalue weighted by Crippen LogP contribution is -2.46. The minimum atomic E-state index is -3.82. The van der Waals surface area contributed by atoms with E-state index in [4.69, 9.17) is 5.11 Å². The van der Waals surface area contributed by atoms with Crippen molar-refractivity contribution in [1.82, 2.24) is 9.62 Å². The van der Waals surface area contributed by atoms with Crippen LogP contribution in [0, 0.1) is 0 Å². The SMILES string of the molecule is CN(C[C@H](O)CNC(C)(C)CCCc1ccccc1)S(=O)(=O)c1cccc(-c2ccc(CC(=O)O)cc2)c1. The van der Waals surface area contributed by atoms with Gasteiger partial charge in [-0.2, -0.15) is 4.31 Å². The predicted octanol–water partition coefficient (Wildman–Crippen LogP) is 4.35. The van der Waals surface area contributed by atoms with Crippen LogP contribution in [0.2, 0.25) is 0 Å². The Morgan fingerprint density at radius 3 is 2.29 bits per heavy atom. The van der Waals surface area contributed by atoms with Gasteiger partial charge in [-0.15, -0.1) is 0 Å². The van der Waals surface area contributed by atoms with E-state index in [1.54, 1.807) is 36.4 Å². The molecule has 3 rings (SSSR count). The molecule has 0 aliphatic rings. The number of aliphatic hydroxyl groups is 1. The van der Waals surface area contributed by atoms with Crippen molar-refractivity contribution >= 4 is 16.0 Å². The Bertz CT molecular complexity index is 1290. The first-order chi connectivity index (χ1) is 18.0. The quantitative estimate of drug-likeness (QED) is 0.282. The average molecular weight is 539 g/mol. The minimum absolute atomic E-state index is 0.0382. The fourth-order valence-corrected chi connectivity index (χ4v) is 5.58. The third-order valence-corrected chi connectivity index (χ3v) is 8.40. The summed E-state index contributed by atoms with van der Waals surface area (Å²) in [5.41, 5.74) is 3.28. The highest BCUT2D eigenvalue weighted by Crippen LogP contribution is 2.25. The van der Waals surface area contributed by atoms with E-state index in [9.17, 15) is 18.3 Å². The van der Waals surface area contributed by atoms with Gasteiger partial charge >= 0.3 is 5.97 Å². The number of benzene rings is 3. The van der Waals surface area contributed by atoms with Gasteiger partial charge in [0, 0.05) is 25.7 Å². The second-order valence-electron chi connectivity index (χ2n) is 10.3. The molecule has 0 unspecified atom stereocenters. The molecule has 0 heterocycles. The number of sulfonamides is 1. The third kappa shape index (κ3) is 8.77. The lowest BCUT2D eigenvalue weighted by molar-refractivity contribution is -0.136. The fourth-order valence-electron chi connectivity index (χ4n) is 4.33. The number of nitrogens with zero attached hydrogens (tertiary/aromatic N) is 1. The van der Waals surface area contributed by atoms with Crippen LogP contribution in [0.15, 0.2) is 83.8 Å². The molecule has 3 aromatic rings. The Hall–Kier alpha value is -3.04. The number of aryl methyl sites for hydroxylation is 1. The summed E-state index contributed by atoms with van der Waals surface area (Å²) in [6.07, 6.45) is 1.98. The number of hydrogen-bond acceptors (Lipinski definition) is 5. The normalized spacial score (nSPS) is 13.0. The number of aliphatic hydroxyl groups excluding tert-OH is 1. The summed E-state index contributed by atoms with van der Waals surface area (Å²) in [6, 6.07) is 24.0. The van der Waals surface area contributed by atoms with Crippen molar-refractivity contribution in [3.63, 3.8) is 0 Å². The van der Waals surface area contributed by atoms with Crippen LogP contribution in [-0.4, -0.2) is 60.7 Å².